The number of rotatable bonds is 8. The van der Waals surface area contributed by atoms with Crippen LogP contribution in [0.4, 0.5) is 0 Å². The molecule has 0 fully saturated rings. The number of nitrogens with one attached hydrogen (secondary N) is 1. The molecule has 0 saturated carbocycles. The maximum atomic E-state index is 11.9. The number of sulfonamides is 1. The maximum absolute atomic E-state index is 11.9. The summed E-state index contributed by atoms with van der Waals surface area (Å²) in [5.74, 6) is 0.0611. The van der Waals surface area contributed by atoms with E-state index in [1.807, 2.05) is 47.2 Å². The van der Waals surface area contributed by atoms with Crippen molar-refractivity contribution in [1.29, 1.82) is 0 Å². The molecule has 0 aliphatic heterocycles. The molecule has 21 heavy (non-hydrogen) atoms. The van der Waals surface area contributed by atoms with Crippen LogP contribution in [0.25, 0.3) is 0 Å². The zero-order valence-electron chi connectivity index (χ0n) is 11.6. The predicted octanol–water partition coefficient (Wildman–Crippen LogP) is 2.33. The monoisotopic (exact) mass is 325 g/mol. The molecule has 1 aromatic heterocycles. The molecular formula is C15H19NO3S2. The van der Waals surface area contributed by atoms with Crippen LogP contribution in [0.3, 0.4) is 0 Å². The minimum atomic E-state index is -3.30. The molecule has 2 rings (SSSR count). The fourth-order valence-electron chi connectivity index (χ4n) is 1.95. The lowest BCUT2D eigenvalue weighted by Crippen LogP contribution is -2.29. The van der Waals surface area contributed by atoms with Crippen LogP contribution in [0.15, 0.2) is 47.2 Å². The lowest BCUT2D eigenvalue weighted by atomic mass is 10.1. The second-order valence-corrected chi connectivity index (χ2v) is 7.52. The Kier molecular flexibility index (Phi) is 5.93. The number of hydrogen-bond acceptors (Lipinski definition) is 4. The fourth-order valence-corrected chi connectivity index (χ4v) is 3.74. The largest absolute Gasteiger partial charge is 0.388 e. The van der Waals surface area contributed by atoms with Gasteiger partial charge in [0.2, 0.25) is 10.0 Å². The van der Waals surface area contributed by atoms with Crippen molar-refractivity contribution in [3.63, 3.8) is 0 Å². The van der Waals surface area contributed by atoms with Gasteiger partial charge in [-0.1, -0.05) is 30.3 Å². The van der Waals surface area contributed by atoms with E-state index in [4.69, 9.17) is 0 Å². The summed E-state index contributed by atoms with van der Waals surface area (Å²) in [6, 6.07) is 11.4. The van der Waals surface area contributed by atoms with E-state index in [0.29, 0.717) is 12.8 Å². The normalized spacial score (nSPS) is 13.2. The lowest BCUT2D eigenvalue weighted by Gasteiger charge is -2.10. The van der Waals surface area contributed by atoms with Crippen LogP contribution >= 0.6 is 11.3 Å². The molecule has 0 spiro atoms. The third-order valence-electron chi connectivity index (χ3n) is 3.17. The number of aryl methyl sites for hydroxylation is 1. The summed E-state index contributed by atoms with van der Waals surface area (Å²) in [6.07, 6.45) is 0.248. The highest BCUT2D eigenvalue weighted by Gasteiger charge is 2.12. The highest BCUT2D eigenvalue weighted by molar-refractivity contribution is 7.89. The molecular weight excluding hydrogens is 306 g/mol. The van der Waals surface area contributed by atoms with Gasteiger partial charge in [0, 0.05) is 6.54 Å². The van der Waals surface area contributed by atoms with Gasteiger partial charge in [-0.15, -0.1) is 0 Å². The van der Waals surface area contributed by atoms with Gasteiger partial charge in [-0.05, 0) is 40.8 Å². The van der Waals surface area contributed by atoms with Crippen molar-refractivity contribution in [2.45, 2.75) is 18.9 Å². The Hall–Kier alpha value is -1.21. The van der Waals surface area contributed by atoms with Crippen LogP contribution < -0.4 is 4.72 Å². The van der Waals surface area contributed by atoms with Crippen molar-refractivity contribution in [2.24, 2.45) is 0 Å². The predicted molar refractivity (Wildman–Crippen MR) is 85.8 cm³/mol. The molecule has 1 aromatic carbocycles. The van der Waals surface area contributed by atoms with Crippen LogP contribution in [0.1, 0.15) is 23.7 Å². The summed E-state index contributed by atoms with van der Waals surface area (Å²) in [4.78, 5) is 0. The number of hydrogen-bond donors (Lipinski definition) is 2. The molecule has 0 aliphatic rings. The zero-order chi connectivity index (χ0) is 15.1. The quantitative estimate of drug-likeness (QED) is 0.783. The van der Waals surface area contributed by atoms with Crippen LogP contribution in [-0.2, 0) is 16.4 Å². The van der Waals surface area contributed by atoms with Crippen molar-refractivity contribution < 1.29 is 13.5 Å². The Balaban J connectivity index is 1.74. The Labute approximate surface area is 129 Å². The number of benzene rings is 1. The van der Waals surface area contributed by atoms with Crippen molar-refractivity contribution in [3.05, 3.63) is 58.3 Å². The average Bonchev–Trinajstić information content (AvgIpc) is 3.00. The highest BCUT2D eigenvalue weighted by Crippen LogP contribution is 2.18. The van der Waals surface area contributed by atoms with Gasteiger partial charge in [0.25, 0.3) is 0 Å². The van der Waals surface area contributed by atoms with Crippen molar-refractivity contribution in [2.75, 3.05) is 12.3 Å². The summed E-state index contributed by atoms with van der Waals surface area (Å²) in [7, 11) is -3.30. The smallest absolute Gasteiger partial charge is 0.211 e. The van der Waals surface area contributed by atoms with E-state index in [9.17, 15) is 13.5 Å². The van der Waals surface area contributed by atoms with Crippen LogP contribution in [0, 0.1) is 0 Å². The Morgan fingerprint density at radius 3 is 2.62 bits per heavy atom. The molecule has 0 radical (unpaired) electrons. The molecule has 1 atom stereocenters. The first-order valence-electron chi connectivity index (χ1n) is 6.78. The standard InChI is InChI=1S/C15H19NO3S2/c17-15(14-7-10-20-12-14)6-9-16-21(18,19)11-8-13-4-2-1-3-5-13/h1-5,7,10,12,15-17H,6,8-9,11H2/t15-/m1/s1. The Bertz CT molecular complexity index is 624. The van der Waals surface area contributed by atoms with Crippen LogP contribution in [0.2, 0.25) is 0 Å². The van der Waals surface area contributed by atoms with E-state index >= 15 is 0 Å². The van der Waals surface area contributed by atoms with Gasteiger partial charge in [-0.25, -0.2) is 13.1 Å². The van der Waals surface area contributed by atoms with Gasteiger partial charge in [-0.3, -0.25) is 0 Å². The van der Waals surface area contributed by atoms with Gasteiger partial charge >= 0.3 is 0 Å². The van der Waals surface area contributed by atoms with Crippen molar-refractivity contribution >= 4 is 21.4 Å². The fraction of sp³-hybridized carbons (Fsp3) is 0.333. The minimum Gasteiger partial charge on any atom is -0.388 e. The van der Waals surface area contributed by atoms with Gasteiger partial charge in [0.1, 0.15) is 0 Å². The van der Waals surface area contributed by atoms with Gasteiger partial charge in [-0.2, -0.15) is 11.3 Å². The van der Waals surface area contributed by atoms with E-state index in [2.05, 4.69) is 4.72 Å². The number of aliphatic hydroxyl groups excluding tert-OH is 1. The van der Waals surface area contributed by atoms with E-state index in [0.717, 1.165) is 11.1 Å². The summed E-state index contributed by atoms with van der Waals surface area (Å²) >= 11 is 1.51. The van der Waals surface area contributed by atoms with E-state index in [-0.39, 0.29) is 12.3 Å². The summed E-state index contributed by atoms with van der Waals surface area (Å²) in [5, 5.41) is 13.6. The van der Waals surface area contributed by atoms with Crippen molar-refractivity contribution in [3.8, 4) is 0 Å². The molecule has 114 valence electrons. The molecule has 2 N–H and O–H groups in total. The molecule has 2 aromatic rings. The second-order valence-electron chi connectivity index (χ2n) is 4.81. The Morgan fingerprint density at radius 1 is 1.19 bits per heavy atom. The molecule has 0 bridgehead atoms. The third kappa shape index (κ3) is 5.59. The molecule has 1 heterocycles. The van der Waals surface area contributed by atoms with Crippen LogP contribution in [-0.4, -0.2) is 25.8 Å². The molecule has 0 amide bonds. The first-order chi connectivity index (χ1) is 10.1. The third-order valence-corrected chi connectivity index (χ3v) is 5.26. The van der Waals surface area contributed by atoms with E-state index < -0.39 is 16.1 Å². The minimum absolute atomic E-state index is 0.0611. The molecule has 4 nitrogen and oxygen atoms in total. The van der Waals surface area contributed by atoms with Gasteiger partial charge in [0.05, 0.1) is 11.9 Å². The maximum Gasteiger partial charge on any atom is 0.211 e. The molecule has 0 saturated heterocycles. The summed E-state index contributed by atoms with van der Waals surface area (Å²) in [5.41, 5.74) is 1.84. The lowest BCUT2D eigenvalue weighted by molar-refractivity contribution is 0.169. The zero-order valence-corrected chi connectivity index (χ0v) is 13.2. The summed E-state index contributed by atoms with van der Waals surface area (Å²) < 4.78 is 26.3. The molecule has 0 unspecified atom stereocenters. The first-order valence-corrected chi connectivity index (χ1v) is 9.38. The van der Waals surface area contributed by atoms with Gasteiger partial charge in [0.15, 0.2) is 0 Å². The Morgan fingerprint density at radius 2 is 1.95 bits per heavy atom. The first kappa shape index (κ1) is 16.2. The molecule has 6 heteroatoms. The van der Waals surface area contributed by atoms with E-state index in [1.165, 1.54) is 11.3 Å². The number of thiophene rings is 1. The number of aliphatic hydroxyl groups is 1. The second kappa shape index (κ2) is 7.70. The van der Waals surface area contributed by atoms with Crippen LogP contribution in [0.5, 0.6) is 0 Å². The van der Waals surface area contributed by atoms with Crippen molar-refractivity contribution in [1.82, 2.24) is 4.72 Å². The van der Waals surface area contributed by atoms with E-state index in [1.54, 1.807) is 0 Å². The topological polar surface area (TPSA) is 66.4 Å². The van der Waals surface area contributed by atoms with Gasteiger partial charge < -0.3 is 5.11 Å². The summed E-state index contributed by atoms with van der Waals surface area (Å²) in [6.45, 7) is 0.244. The molecule has 0 aliphatic carbocycles. The highest BCUT2D eigenvalue weighted by atomic mass is 32.2. The SMILES string of the molecule is O=S(=O)(CCc1ccccc1)NCC[C@@H](O)c1ccsc1. The average molecular weight is 325 g/mol.